The number of fused-ring (bicyclic) bond motifs is 1. The van der Waals surface area contributed by atoms with E-state index in [0.29, 0.717) is 18.2 Å². The number of aryl methyl sites for hydroxylation is 1. The van der Waals surface area contributed by atoms with Crippen molar-refractivity contribution in [2.45, 2.75) is 39.8 Å². The van der Waals surface area contributed by atoms with E-state index >= 15 is 0 Å². The smallest absolute Gasteiger partial charge is 0.255 e. The van der Waals surface area contributed by atoms with Gasteiger partial charge < -0.3 is 9.64 Å². The van der Waals surface area contributed by atoms with Gasteiger partial charge in [-0.3, -0.25) is 14.6 Å². The second kappa shape index (κ2) is 13.0. The number of aromatic nitrogens is 1. The molecule has 40 heavy (non-hydrogen) atoms. The Morgan fingerprint density at radius 1 is 1.05 bits per heavy atom. The molecule has 5 nitrogen and oxygen atoms in total. The topological polar surface area (TPSA) is 59.5 Å². The molecule has 0 bridgehead atoms. The van der Waals surface area contributed by atoms with Gasteiger partial charge in [0.05, 0.1) is 11.1 Å². The average molecular weight is 537 g/mol. The van der Waals surface area contributed by atoms with Crippen LogP contribution in [0.4, 0.5) is 4.39 Å². The molecule has 4 aromatic rings. The molecule has 0 N–H and O–H groups in total. The summed E-state index contributed by atoms with van der Waals surface area (Å²) in [6, 6.07) is 19.5. The van der Waals surface area contributed by atoms with Crippen LogP contribution in [0.2, 0.25) is 0 Å². The highest BCUT2D eigenvalue weighted by molar-refractivity contribution is 6.10. The van der Waals surface area contributed by atoms with E-state index in [1.54, 1.807) is 25.4 Å². The van der Waals surface area contributed by atoms with Crippen molar-refractivity contribution >= 4 is 23.1 Å². The summed E-state index contributed by atoms with van der Waals surface area (Å²) in [5.41, 5.74) is 4.27. The second-order valence-electron chi connectivity index (χ2n) is 9.45. The summed E-state index contributed by atoms with van der Waals surface area (Å²) >= 11 is 0. The summed E-state index contributed by atoms with van der Waals surface area (Å²) in [6.45, 7) is 6.07. The number of hydrogen-bond donors (Lipinski definition) is 0. The van der Waals surface area contributed by atoms with Crippen LogP contribution in [0, 0.1) is 5.82 Å². The number of amides is 1. The predicted molar refractivity (Wildman–Crippen MR) is 157 cm³/mol. The van der Waals surface area contributed by atoms with Crippen molar-refractivity contribution in [3.63, 3.8) is 0 Å². The Hall–Kier alpha value is -4.58. The summed E-state index contributed by atoms with van der Waals surface area (Å²) in [6.07, 6.45) is 8.19. The number of carbonyl (C=O) groups excluding carboxylic acids is 2. The van der Waals surface area contributed by atoms with Gasteiger partial charge in [0, 0.05) is 25.2 Å². The first-order chi connectivity index (χ1) is 19.4. The quantitative estimate of drug-likeness (QED) is 0.154. The van der Waals surface area contributed by atoms with E-state index in [9.17, 15) is 14.0 Å². The molecule has 0 aliphatic rings. The summed E-state index contributed by atoms with van der Waals surface area (Å²) in [4.78, 5) is 33.0. The van der Waals surface area contributed by atoms with Crippen molar-refractivity contribution in [1.82, 2.24) is 9.88 Å². The number of pyridine rings is 1. The highest BCUT2D eigenvalue weighted by Gasteiger charge is 2.29. The Balaban J connectivity index is 1.91. The molecule has 1 heterocycles. The predicted octanol–water partition coefficient (Wildman–Crippen LogP) is 7.66. The van der Waals surface area contributed by atoms with E-state index in [0.717, 1.165) is 27.6 Å². The zero-order valence-corrected chi connectivity index (χ0v) is 23.2. The van der Waals surface area contributed by atoms with E-state index in [1.165, 1.54) is 17.0 Å². The largest absolute Gasteiger partial charge is 0.478 e. The number of ether oxygens (including phenoxy) is 1. The standard InChI is InChI=1S/C34H33FN2O3/c1-5-12-24(6-2)32(25-13-9-8-10-14-25)40-33-29(22-38)30(27(7-3)28-15-11-20-36-31(28)33)34(39)37(4)21-23-16-18-26(35)19-17-23/h5-6,8-20,22,32H,7,21H2,1-4H3/b12-5-,24-6+. The van der Waals surface area contributed by atoms with Gasteiger partial charge in [-0.1, -0.05) is 73.7 Å². The van der Waals surface area contributed by atoms with Crippen LogP contribution in [0.25, 0.3) is 10.9 Å². The average Bonchev–Trinajstić information content (AvgIpc) is 2.99. The maximum atomic E-state index is 14.0. The first-order valence-electron chi connectivity index (χ1n) is 13.3. The van der Waals surface area contributed by atoms with E-state index in [1.807, 2.05) is 81.5 Å². The number of benzene rings is 3. The third-order valence-corrected chi connectivity index (χ3v) is 6.86. The lowest BCUT2D eigenvalue weighted by Crippen LogP contribution is -2.29. The molecule has 0 saturated heterocycles. The minimum absolute atomic E-state index is 0.163. The van der Waals surface area contributed by atoms with Crippen LogP contribution in [0.3, 0.4) is 0 Å². The van der Waals surface area contributed by atoms with Gasteiger partial charge in [0.15, 0.2) is 12.0 Å². The third kappa shape index (κ3) is 5.86. The van der Waals surface area contributed by atoms with E-state index in [4.69, 9.17) is 4.74 Å². The normalized spacial score (nSPS) is 12.5. The van der Waals surface area contributed by atoms with Crippen molar-refractivity contribution in [1.29, 1.82) is 0 Å². The van der Waals surface area contributed by atoms with Crippen LogP contribution >= 0.6 is 0 Å². The Morgan fingerprint density at radius 3 is 2.40 bits per heavy atom. The fourth-order valence-corrected chi connectivity index (χ4v) is 4.94. The number of aldehydes is 1. The van der Waals surface area contributed by atoms with Crippen molar-refractivity contribution < 1.29 is 18.7 Å². The molecule has 1 aromatic heterocycles. The molecule has 0 saturated carbocycles. The second-order valence-corrected chi connectivity index (χ2v) is 9.45. The van der Waals surface area contributed by atoms with Crippen LogP contribution in [0.5, 0.6) is 5.75 Å². The van der Waals surface area contributed by atoms with Crippen LogP contribution in [0.15, 0.2) is 96.7 Å². The number of carbonyl (C=O) groups is 2. The van der Waals surface area contributed by atoms with Crippen molar-refractivity contribution in [3.05, 3.63) is 130 Å². The highest BCUT2D eigenvalue weighted by atomic mass is 19.1. The van der Waals surface area contributed by atoms with E-state index in [2.05, 4.69) is 4.98 Å². The number of allylic oxidation sites excluding steroid dienone is 2. The molecule has 0 fully saturated rings. The number of hydrogen-bond acceptors (Lipinski definition) is 4. The Morgan fingerprint density at radius 2 is 1.77 bits per heavy atom. The molecule has 204 valence electrons. The molecular formula is C34H33FN2O3. The first kappa shape index (κ1) is 28.4. The molecule has 1 unspecified atom stereocenters. The lowest BCUT2D eigenvalue weighted by Gasteiger charge is -2.26. The van der Waals surface area contributed by atoms with Gasteiger partial charge in [0.2, 0.25) is 0 Å². The summed E-state index contributed by atoms with van der Waals surface area (Å²) in [5.74, 6) is -0.404. The molecule has 6 heteroatoms. The first-order valence-corrected chi connectivity index (χ1v) is 13.3. The van der Waals surface area contributed by atoms with Gasteiger partial charge in [0.1, 0.15) is 17.4 Å². The van der Waals surface area contributed by atoms with Gasteiger partial charge in [-0.2, -0.15) is 0 Å². The maximum Gasteiger partial charge on any atom is 0.255 e. The van der Waals surface area contributed by atoms with E-state index < -0.39 is 6.10 Å². The molecule has 0 spiro atoms. The third-order valence-electron chi connectivity index (χ3n) is 6.86. The minimum atomic E-state index is -0.543. The molecular weight excluding hydrogens is 503 g/mol. The molecule has 3 aromatic carbocycles. The van der Waals surface area contributed by atoms with Crippen LogP contribution < -0.4 is 4.74 Å². The lowest BCUT2D eigenvalue weighted by molar-refractivity contribution is 0.0780. The Labute approximate surface area is 234 Å². The van der Waals surface area contributed by atoms with Crippen molar-refractivity contribution in [3.8, 4) is 5.75 Å². The zero-order valence-electron chi connectivity index (χ0n) is 23.2. The van der Waals surface area contributed by atoms with Gasteiger partial charge >= 0.3 is 0 Å². The van der Waals surface area contributed by atoms with Gasteiger partial charge in [-0.05, 0) is 60.7 Å². The van der Waals surface area contributed by atoms with Gasteiger partial charge in [-0.25, -0.2) is 4.39 Å². The molecule has 0 aliphatic heterocycles. The fraction of sp³-hybridized carbons (Fsp3) is 0.206. The highest BCUT2D eigenvalue weighted by Crippen LogP contribution is 2.39. The molecule has 4 rings (SSSR count). The molecule has 0 radical (unpaired) electrons. The monoisotopic (exact) mass is 536 g/mol. The maximum absolute atomic E-state index is 14.0. The lowest BCUT2D eigenvalue weighted by atomic mass is 9.92. The molecule has 1 amide bonds. The summed E-state index contributed by atoms with van der Waals surface area (Å²) in [5, 5.41) is 0.754. The summed E-state index contributed by atoms with van der Waals surface area (Å²) in [7, 11) is 1.67. The van der Waals surface area contributed by atoms with E-state index in [-0.39, 0.29) is 35.1 Å². The van der Waals surface area contributed by atoms with Gasteiger partial charge in [-0.15, -0.1) is 0 Å². The molecule has 1 atom stereocenters. The van der Waals surface area contributed by atoms with Crippen LogP contribution in [0.1, 0.15) is 64.3 Å². The van der Waals surface area contributed by atoms with Crippen LogP contribution in [-0.2, 0) is 13.0 Å². The summed E-state index contributed by atoms with van der Waals surface area (Å²) < 4.78 is 20.2. The SMILES string of the molecule is C/C=C\C(=C/C)C(Oc1c(C=O)c(C(=O)N(C)Cc2ccc(F)cc2)c(CC)c2cccnc12)c1ccccc1. The number of halogens is 1. The molecule has 0 aliphatic carbocycles. The number of nitrogens with zero attached hydrogens (tertiary/aromatic N) is 2. The Kier molecular flexibility index (Phi) is 9.23. The van der Waals surface area contributed by atoms with Crippen molar-refractivity contribution in [2.75, 3.05) is 7.05 Å². The Bertz CT molecular complexity index is 1560. The fourth-order valence-electron chi connectivity index (χ4n) is 4.94. The van der Waals surface area contributed by atoms with Gasteiger partial charge in [0.25, 0.3) is 5.91 Å². The van der Waals surface area contributed by atoms with Crippen LogP contribution in [-0.4, -0.2) is 29.1 Å². The zero-order chi connectivity index (χ0) is 28.6. The minimum Gasteiger partial charge on any atom is -0.478 e. The van der Waals surface area contributed by atoms with Crippen molar-refractivity contribution in [2.24, 2.45) is 0 Å². The number of rotatable bonds is 10.